The normalized spacial score (nSPS) is 10.8. The molecule has 4 aromatic rings. The van der Waals surface area contributed by atoms with Crippen LogP contribution in [0.3, 0.4) is 0 Å². The Hall–Kier alpha value is -4.00. The molecule has 1 heterocycles. The number of anilines is 1. The fourth-order valence-electron chi connectivity index (χ4n) is 3.23. The molecule has 7 heteroatoms. The average Bonchev–Trinajstić information content (AvgIpc) is 3.14. The summed E-state index contributed by atoms with van der Waals surface area (Å²) >= 11 is 0. The molecule has 0 unspecified atom stereocenters. The first-order valence-corrected chi connectivity index (χ1v) is 9.73. The van der Waals surface area contributed by atoms with E-state index in [1.54, 1.807) is 23.6 Å². The van der Waals surface area contributed by atoms with Crippen LogP contribution in [0.5, 0.6) is 0 Å². The monoisotopic (exact) mass is 417 g/mol. The number of hydrogen-bond acceptors (Lipinski definition) is 4. The van der Waals surface area contributed by atoms with Gasteiger partial charge in [-0.25, -0.2) is 9.37 Å². The highest BCUT2D eigenvalue weighted by molar-refractivity contribution is 5.93. The lowest BCUT2D eigenvalue weighted by atomic mass is 10.2. The lowest BCUT2D eigenvalue weighted by Crippen LogP contribution is -2.23. The van der Waals surface area contributed by atoms with Crippen molar-refractivity contribution in [2.45, 2.75) is 13.5 Å². The van der Waals surface area contributed by atoms with Gasteiger partial charge in [-0.05, 0) is 36.8 Å². The highest BCUT2D eigenvalue weighted by Crippen LogP contribution is 2.24. The van der Waals surface area contributed by atoms with Crippen molar-refractivity contribution in [2.24, 2.45) is 0 Å². The maximum Gasteiger partial charge on any atom is 0.326 e. The topological polar surface area (TPSA) is 73.2 Å². The Morgan fingerprint density at radius 3 is 2.55 bits per heavy atom. The minimum absolute atomic E-state index is 0.100. The van der Waals surface area contributed by atoms with Crippen molar-refractivity contribution in [3.8, 4) is 11.4 Å². The number of para-hydroxylation sites is 2. The number of carbonyl (C=O) groups excluding carboxylic acids is 2. The Labute approximate surface area is 178 Å². The van der Waals surface area contributed by atoms with Crippen LogP contribution in [0.15, 0.2) is 72.8 Å². The number of amides is 1. The van der Waals surface area contributed by atoms with Crippen LogP contribution in [-0.2, 0) is 20.9 Å². The van der Waals surface area contributed by atoms with Crippen LogP contribution in [0.4, 0.5) is 10.1 Å². The molecule has 0 spiro atoms. The van der Waals surface area contributed by atoms with Gasteiger partial charge in [0.15, 0.2) is 6.61 Å². The second-order valence-corrected chi connectivity index (χ2v) is 7.05. The summed E-state index contributed by atoms with van der Waals surface area (Å²) in [7, 11) is 0. The zero-order valence-electron chi connectivity index (χ0n) is 16.8. The molecule has 1 N–H and O–H groups in total. The van der Waals surface area contributed by atoms with E-state index in [9.17, 15) is 14.0 Å². The molecule has 0 fully saturated rings. The molecular weight excluding hydrogens is 397 g/mol. The number of nitrogens with zero attached hydrogens (tertiary/aromatic N) is 2. The van der Waals surface area contributed by atoms with Gasteiger partial charge < -0.3 is 14.6 Å². The maximum absolute atomic E-state index is 13.6. The molecule has 0 saturated carbocycles. The van der Waals surface area contributed by atoms with Crippen molar-refractivity contribution >= 4 is 28.6 Å². The summed E-state index contributed by atoms with van der Waals surface area (Å²) in [5.41, 5.74) is 3.19. The van der Waals surface area contributed by atoms with E-state index in [0.717, 1.165) is 16.6 Å². The molecule has 0 bridgehead atoms. The SMILES string of the molecule is Cc1ccc(NC(=O)COC(=O)Cn2c(-c3ccccc3)nc3ccccc32)cc1F. The lowest BCUT2D eigenvalue weighted by molar-refractivity contribution is -0.147. The number of fused-ring (bicyclic) bond motifs is 1. The quantitative estimate of drug-likeness (QED) is 0.474. The number of nitrogens with one attached hydrogen (secondary N) is 1. The van der Waals surface area contributed by atoms with Crippen LogP contribution in [0.2, 0.25) is 0 Å². The van der Waals surface area contributed by atoms with Crippen molar-refractivity contribution in [1.82, 2.24) is 9.55 Å². The van der Waals surface area contributed by atoms with Crippen LogP contribution in [-0.4, -0.2) is 28.0 Å². The van der Waals surface area contributed by atoms with Gasteiger partial charge in [-0.2, -0.15) is 0 Å². The number of aromatic nitrogens is 2. The largest absolute Gasteiger partial charge is 0.454 e. The van der Waals surface area contributed by atoms with Gasteiger partial charge in [0, 0.05) is 11.3 Å². The molecule has 1 amide bonds. The maximum atomic E-state index is 13.6. The number of benzene rings is 3. The van der Waals surface area contributed by atoms with E-state index in [1.807, 2.05) is 54.6 Å². The van der Waals surface area contributed by atoms with E-state index in [2.05, 4.69) is 10.3 Å². The summed E-state index contributed by atoms with van der Waals surface area (Å²) < 4.78 is 20.5. The second kappa shape index (κ2) is 8.79. The molecular formula is C24H20FN3O3. The number of imidazole rings is 1. The zero-order chi connectivity index (χ0) is 21.8. The minimum Gasteiger partial charge on any atom is -0.454 e. The summed E-state index contributed by atoms with van der Waals surface area (Å²) in [6.45, 7) is 1.06. The fourth-order valence-corrected chi connectivity index (χ4v) is 3.23. The van der Waals surface area contributed by atoms with E-state index in [0.29, 0.717) is 17.1 Å². The number of carbonyl (C=O) groups is 2. The summed E-state index contributed by atoms with van der Waals surface area (Å²) in [6, 6.07) is 21.4. The number of ether oxygens (including phenoxy) is 1. The third-order valence-electron chi connectivity index (χ3n) is 4.79. The standard InChI is InChI=1S/C24H20FN3O3/c1-16-11-12-18(13-19(16)25)26-22(29)15-31-23(30)14-28-21-10-6-5-9-20(21)27-24(28)17-7-3-2-4-8-17/h2-13H,14-15H2,1H3,(H,26,29). The summed E-state index contributed by atoms with van der Waals surface area (Å²) in [4.78, 5) is 29.2. The van der Waals surface area contributed by atoms with E-state index >= 15 is 0 Å². The highest BCUT2D eigenvalue weighted by Gasteiger charge is 2.16. The van der Waals surface area contributed by atoms with Crippen molar-refractivity contribution in [3.63, 3.8) is 0 Å². The van der Waals surface area contributed by atoms with E-state index in [-0.39, 0.29) is 6.54 Å². The van der Waals surface area contributed by atoms with Crippen molar-refractivity contribution in [2.75, 3.05) is 11.9 Å². The van der Waals surface area contributed by atoms with Crippen LogP contribution < -0.4 is 5.32 Å². The molecule has 1 aromatic heterocycles. The molecule has 0 atom stereocenters. The van der Waals surface area contributed by atoms with Crippen LogP contribution >= 0.6 is 0 Å². The first-order chi connectivity index (χ1) is 15.0. The lowest BCUT2D eigenvalue weighted by Gasteiger charge is -2.10. The smallest absolute Gasteiger partial charge is 0.326 e. The third kappa shape index (κ3) is 4.61. The van der Waals surface area contributed by atoms with Gasteiger partial charge in [-0.15, -0.1) is 0 Å². The van der Waals surface area contributed by atoms with Gasteiger partial charge in [-0.3, -0.25) is 9.59 Å². The Bertz CT molecular complexity index is 1250. The molecule has 0 saturated heterocycles. The Morgan fingerprint density at radius 1 is 1.03 bits per heavy atom. The summed E-state index contributed by atoms with van der Waals surface area (Å²) in [5.74, 6) is -0.908. The fraction of sp³-hybridized carbons (Fsp3) is 0.125. The van der Waals surface area contributed by atoms with Gasteiger partial charge in [0.05, 0.1) is 11.0 Å². The van der Waals surface area contributed by atoms with Crippen LogP contribution in [0, 0.1) is 12.7 Å². The Balaban J connectivity index is 1.46. The minimum atomic E-state index is -0.578. The van der Waals surface area contributed by atoms with E-state index in [4.69, 9.17) is 4.74 Å². The van der Waals surface area contributed by atoms with Gasteiger partial charge in [-0.1, -0.05) is 48.5 Å². The summed E-state index contributed by atoms with van der Waals surface area (Å²) in [6.07, 6.45) is 0. The van der Waals surface area contributed by atoms with Crippen molar-refractivity contribution < 1.29 is 18.7 Å². The van der Waals surface area contributed by atoms with Crippen LogP contribution in [0.1, 0.15) is 5.56 Å². The van der Waals surface area contributed by atoms with Crippen molar-refractivity contribution in [1.29, 1.82) is 0 Å². The predicted octanol–water partition coefficient (Wildman–Crippen LogP) is 4.33. The van der Waals surface area contributed by atoms with Gasteiger partial charge in [0.2, 0.25) is 0 Å². The molecule has 0 aliphatic heterocycles. The number of aryl methyl sites for hydroxylation is 1. The first-order valence-electron chi connectivity index (χ1n) is 9.73. The third-order valence-corrected chi connectivity index (χ3v) is 4.79. The molecule has 156 valence electrons. The second-order valence-electron chi connectivity index (χ2n) is 7.05. The number of hydrogen-bond donors (Lipinski definition) is 1. The predicted molar refractivity (Wildman–Crippen MR) is 116 cm³/mol. The molecule has 0 aliphatic carbocycles. The molecule has 0 radical (unpaired) electrons. The molecule has 3 aromatic carbocycles. The van der Waals surface area contributed by atoms with Crippen molar-refractivity contribution in [3.05, 3.63) is 84.2 Å². The number of rotatable bonds is 6. The van der Waals surface area contributed by atoms with Gasteiger partial charge in [0.1, 0.15) is 18.2 Å². The number of esters is 1. The van der Waals surface area contributed by atoms with E-state index < -0.39 is 24.3 Å². The zero-order valence-corrected chi connectivity index (χ0v) is 16.8. The molecule has 0 aliphatic rings. The Kier molecular flexibility index (Phi) is 5.75. The summed E-state index contributed by atoms with van der Waals surface area (Å²) in [5, 5.41) is 2.52. The molecule has 4 rings (SSSR count). The van der Waals surface area contributed by atoms with Gasteiger partial charge >= 0.3 is 5.97 Å². The highest BCUT2D eigenvalue weighted by atomic mass is 19.1. The number of halogens is 1. The first kappa shape index (κ1) is 20.3. The average molecular weight is 417 g/mol. The van der Waals surface area contributed by atoms with Gasteiger partial charge in [0.25, 0.3) is 5.91 Å². The van der Waals surface area contributed by atoms with Crippen LogP contribution in [0.25, 0.3) is 22.4 Å². The molecule has 31 heavy (non-hydrogen) atoms. The van der Waals surface area contributed by atoms with E-state index in [1.165, 1.54) is 6.07 Å². The Morgan fingerprint density at radius 2 is 1.77 bits per heavy atom. The molecule has 6 nitrogen and oxygen atoms in total.